The molecule has 1 spiro atoms. The van der Waals surface area contributed by atoms with Crippen molar-refractivity contribution in [1.82, 2.24) is 4.90 Å². The summed E-state index contributed by atoms with van der Waals surface area (Å²) in [5, 5.41) is 0. The minimum atomic E-state index is -0.362. The molecule has 3 aliphatic rings. The molecule has 2 aliphatic heterocycles. The molecular weight excluding hydrogens is 218 g/mol. The summed E-state index contributed by atoms with van der Waals surface area (Å²) in [7, 11) is 0. The largest absolute Gasteiger partial charge is 0.347 e. The number of carbonyl (C=O) groups is 1. The molecule has 0 bridgehead atoms. The number of ether oxygens (including phenoxy) is 2. The highest BCUT2D eigenvalue weighted by molar-refractivity contribution is 5.79. The van der Waals surface area contributed by atoms with Crippen molar-refractivity contribution in [2.45, 2.75) is 38.4 Å². The minimum absolute atomic E-state index is 0.217. The molecule has 4 heteroatoms. The monoisotopic (exact) mass is 239 g/mol. The summed E-state index contributed by atoms with van der Waals surface area (Å²) in [6, 6.07) is 0. The van der Waals surface area contributed by atoms with Crippen LogP contribution < -0.4 is 0 Å². The number of hydrogen-bond donors (Lipinski definition) is 0. The molecule has 0 radical (unpaired) electrons. The van der Waals surface area contributed by atoms with Gasteiger partial charge in [-0.3, -0.25) is 4.79 Å². The van der Waals surface area contributed by atoms with Gasteiger partial charge in [0.05, 0.1) is 13.2 Å². The summed E-state index contributed by atoms with van der Waals surface area (Å²) in [5.41, 5.74) is 0. The SMILES string of the molecule is CC(C(=O)N1CCC2(CC1)OCCO2)C1CC1. The Balaban J connectivity index is 1.55. The summed E-state index contributed by atoms with van der Waals surface area (Å²) in [6.07, 6.45) is 4.13. The Morgan fingerprint density at radius 2 is 1.82 bits per heavy atom. The molecule has 2 heterocycles. The molecule has 1 atom stereocenters. The Labute approximate surface area is 102 Å². The van der Waals surface area contributed by atoms with E-state index in [0.29, 0.717) is 25.0 Å². The summed E-state index contributed by atoms with van der Waals surface area (Å²) < 4.78 is 11.3. The van der Waals surface area contributed by atoms with Crippen LogP contribution >= 0.6 is 0 Å². The molecule has 0 aromatic heterocycles. The molecule has 0 aromatic rings. The molecule has 1 aliphatic carbocycles. The van der Waals surface area contributed by atoms with Crippen molar-refractivity contribution in [2.24, 2.45) is 11.8 Å². The third kappa shape index (κ3) is 2.20. The summed E-state index contributed by atoms with van der Waals surface area (Å²) in [6.45, 7) is 5.05. The van der Waals surface area contributed by atoms with Gasteiger partial charge in [-0.2, -0.15) is 0 Å². The van der Waals surface area contributed by atoms with Gasteiger partial charge in [0.2, 0.25) is 5.91 Å². The average molecular weight is 239 g/mol. The number of carbonyl (C=O) groups excluding carboxylic acids is 1. The van der Waals surface area contributed by atoms with E-state index in [1.165, 1.54) is 12.8 Å². The number of likely N-dealkylation sites (tertiary alicyclic amines) is 1. The molecule has 0 aromatic carbocycles. The van der Waals surface area contributed by atoms with Crippen LogP contribution in [0.3, 0.4) is 0 Å². The first kappa shape index (κ1) is 11.5. The van der Waals surface area contributed by atoms with Crippen LogP contribution in [0.1, 0.15) is 32.6 Å². The first-order valence-electron chi connectivity index (χ1n) is 6.77. The molecule has 3 fully saturated rings. The molecule has 3 rings (SSSR count). The van der Waals surface area contributed by atoms with E-state index in [1.54, 1.807) is 0 Å². The van der Waals surface area contributed by atoms with Crippen LogP contribution in [0.25, 0.3) is 0 Å². The lowest BCUT2D eigenvalue weighted by Crippen LogP contribution is -2.48. The summed E-state index contributed by atoms with van der Waals surface area (Å²) >= 11 is 0. The van der Waals surface area contributed by atoms with Crippen molar-refractivity contribution in [3.63, 3.8) is 0 Å². The van der Waals surface area contributed by atoms with Crippen molar-refractivity contribution >= 4 is 5.91 Å². The Hall–Kier alpha value is -0.610. The quantitative estimate of drug-likeness (QED) is 0.731. The normalized spacial score (nSPS) is 29.6. The lowest BCUT2D eigenvalue weighted by molar-refractivity contribution is -0.188. The topological polar surface area (TPSA) is 38.8 Å². The van der Waals surface area contributed by atoms with Crippen LogP contribution in [0.15, 0.2) is 0 Å². The van der Waals surface area contributed by atoms with E-state index >= 15 is 0 Å². The lowest BCUT2D eigenvalue weighted by Gasteiger charge is -2.38. The average Bonchev–Trinajstić information content (AvgIpc) is 3.11. The molecule has 0 N–H and O–H groups in total. The molecule has 1 amide bonds. The van der Waals surface area contributed by atoms with Gasteiger partial charge in [-0.15, -0.1) is 0 Å². The van der Waals surface area contributed by atoms with E-state index in [4.69, 9.17) is 9.47 Å². The fraction of sp³-hybridized carbons (Fsp3) is 0.923. The lowest BCUT2D eigenvalue weighted by atomic mass is 9.99. The second kappa shape index (κ2) is 4.25. The maximum atomic E-state index is 12.2. The van der Waals surface area contributed by atoms with Crippen molar-refractivity contribution < 1.29 is 14.3 Å². The highest BCUT2D eigenvalue weighted by Crippen LogP contribution is 2.38. The molecular formula is C13H21NO3. The fourth-order valence-corrected chi connectivity index (χ4v) is 2.94. The number of amides is 1. The Bertz CT molecular complexity index is 298. The van der Waals surface area contributed by atoms with Crippen LogP contribution in [0.4, 0.5) is 0 Å². The zero-order valence-corrected chi connectivity index (χ0v) is 10.5. The predicted molar refractivity (Wildman–Crippen MR) is 62.3 cm³/mol. The van der Waals surface area contributed by atoms with Gasteiger partial charge in [0.1, 0.15) is 0 Å². The minimum Gasteiger partial charge on any atom is -0.347 e. The maximum absolute atomic E-state index is 12.2. The van der Waals surface area contributed by atoms with Crippen molar-refractivity contribution in [1.29, 1.82) is 0 Å². The highest BCUT2D eigenvalue weighted by atomic mass is 16.7. The van der Waals surface area contributed by atoms with E-state index in [2.05, 4.69) is 6.92 Å². The van der Waals surface area contributed by atoms with Crippen LogP contribution in [0.2, 0.25) is 0 Å². The Kier molecular flexibility index (Phi) is 2.87. The standard InChI is InChI=1S/C13H21NO3/c1-10(11-2-3-11)12(15)14-6-4-13(5-7-14)16-8-9-17-13/h10-11H,2-9H2,1H3. The molecule has 4 nitrogen and oxygen atoms in total. The smallest absolute Gasteiger partial charge is 0.225 e. The molecule has 96 valence electrons. The van der Waals surface area contributed by atoms with Gasteiger partial charge >= 0.3 is 0 Å². The number of rotatable bonds is 2. The third-order valence-electron chi connectivity index (χ3n) is 4.37. The fourth-order valence-electron chi connectivity index (χ4n) is 2.94. The predicted octanol–water partition coefficient (Wildman–Crippen LogP) is 1.40. The number of hydrogen-bond acceptors (Lipinski definition) is 3. The van der Waals surface area contributed by atoms with Gasteiger partial charge in [-0.25, -0.2) is 0 Å². The third-order valence-corrected chi connectivity index (χ3v) is 4.37. The van der Waals surface area contributed by atoms with E-state index < -0.39 is 0 Å². The second-order valence-corrected chi connectivity index (χ2v) is 5.56. The van der Waals surface area contributed by atoms with Gasteiger partial charge in [0, 0.05) is 31.8 Å². The van der Waals surface area contributed by atoms with Crippen molar-refractivity contribution in [3.05, 3.63) is 0 Å². The van der Waals surface area contributed by atoms with Crippen molar-refractivity contribution in [3.8, 4) is 0 Å². The Morgan fingerprint density at radius 1 is 1.24 bits per heavy atom. The molecule has 17 heavy (non-hydrogen) atoms. The van der Waals surface area contributed by atoms with Gasteiger partial charge in [-0.05, 0) is 18.8 Å². The van der Waals surface area contributed by atoms with Crippen LogP contribution in [0.5, 0.6) is 0 Å². The summed E-state index contributed by atoms with van der Waals surface area (Å²) in [5.74, 6) is 0.840. The molecule has 2 saturated heterocycles. The van der Waals surface area contributed by atoms with E-state index in [-0.39, 0.29) is 11.7 Å². The maximum Gasteiger partial charge on any atom is 0.225 e. The van der Waals surface area contributed by atoms with Crippen molar-refractivity contribution in [2.75, 3.05) is 26.3 Å². The van der Waals surface area contributed by atoms with E-state index in [1.807, 2.05) is 4.90 Å². The number of nitrogens with zero attached hydrogens (tertiary/aromatic N) is 1. The molecule has 1 saturated carbocycles. The second-order valence-electron chi connectivity index (χ2n) is 5.56. The van der Waals surface area contributed by atoms with E-state index in [0.717, 1.165) is 25.9 Å². The molecule has 1 unspecified atom stereocenters. The van der Waals surface area contributed by atoms with Gasteiger partial charge in [-0.1, -0.05) is 6.92 Å². The van der Waals surface area contributed by atoms with E-state index in [9.17, 15) is 4.79 Å². The zero-order valence-electron chi connectivity index (χ0n) is 10.5. The number of piperidine rings is 1. The first-order chi connectivity index (χ1) is 8.20. The van der Waals surface area contributed by atoms with Gasteiger partial charge in [0.15, 0.2) is 5.79 Å². The highest BCUT2D eigenvalue weighted by Gasteiger charge is 2.42. The first-order valence-corrected chi connectivity index (χ1v) is 6.77. The summed E-state index contributed by atoms with van der Waals surface area (Å²) in [4.78, 5) is 14.2. The Morgan fingerprint density at radius 3 is 2.35 bits per heavy atom. The zero-order chi connectivity index (χ0) is 11.9. The van der Waals surface area contributed by atoms with Gasteiger partial charge < -0.3 is 14.4 Å². The van der Waals surface area contributed by atoms with Crippen LogP contribution in [-0.2, 0) is 14.3 Å². The van der Waals surface area contributed by atoms with Crippen LogP contribution in [-0.4, -0.2) is 42.9 Å². The van der Waals surface area contributed by atoms with Crippen LogP contribution in [0, 0.1) is 11.8 Å². The van der Waals surface area contributed by atoms with Gasteiger partial charge in [0.25, 0.3) is 0 Å².